The highest BCUT2D eigenvalue weighted by molar-refractivity contribution is 9.10. The minimum absolute atomic E-state index is 0.0284. The number of rotatable bonds is 5. The molecule has 2 aromatic rings. The molecule has 8 heteroatoms. The van der Waals surface area contributed by atoms with Crippen molar-refractivity contribution in [2.75, 3.05) is 12.4 Å². The lowest BCUT2D eigenvalue weighted by molar-refractivity contribution is -0.386. The van der Waals surface area contributed by atoms with Crippen LogP contribution in [0.1, 0.15) is 5.69 Å². The van der Waals surface area contributed by atoms with E-state index in [0.29, 0.717) is 5.69 Å². The van der Waals surface area contributed by atoms with E-state index in [1.807, 2.05) is 0 Å². The van der Waals surface area contributed by atoms with Crippen molar-refractivity contribution in [1.82, 2.24) is 4.98 Å². The Hall–Kier alpha value is -2.22. The Morgan fingerprint density at radius 1 is 1.48 bits per heavy atom. The zero-order chi connectivity index (χ0) is 15.4. The molecule has 1 aromatic carbocycles. The molecule has 110 valence electrons. The molecule has 0 saturated heterocycles. The van der Waals surface area contributed by atoms with Crippen LogP contribution in [0.25, 0.3) is 0 Å². The van der Waals surface area contributed by atoms with Crippen LogP contribution in [0, 0.1) is 15.9 Å². The molecule has 2 rings (SSSR count). The van der Waals surface area contributed by atoms with Gasteiger partial charge in [-0.2, -0.15) is 0 Å². The highest BCUT2D eigenvalue weighted by Gasteiger charge is 2.20. The Morgan fingerprint density at radius 3 is 2.90 bits per heavy atom. The second-order valence-corrected chi connectivity index (χ2v) is 4.92. The number of nitrogens with one attached hydrogen (secondary N) is 1. The third-order valence-corrected chi connectivity index (χ3v) is 3.24. The molecule has 0 aliphatic carbocycles. The van der Waals surface area contributed by atoms with Gasteiger partial charge >= 0.3 is 5.69 Å². The minimum Gasteiger partial charge on any atom is -0.480 e. The van der Waals surface area contributed by atoms with Crippen LogP contribution in [0.3, 0.4) is 0 Å². The molecular formula is C13H11BrFN3O3. The number of nitrogens with zero attached hydrogens (tertiary/aromatic N) is 2. The highest BCUT2D eigenvalue weighted by atomic mass is 79.9. The van der Waals surface area contributed by atoms with E-state index in [2.05, 4.69) is 26.2 Å². The maximum Gasteiger partial charge on any atom is 0.315 e. The number of ether oxygens (including phenoxy) is 1. The van der Waals surface area contributed by atoms with Crippen molar-refractivity contribution >= 4 is 27.3 Å². The molecule has 1 N–H and O–H groups in total. The van der Waals surface area contributed by atoms with Gasteiger partial charge in [0.25, 0.3) is 0 Å². The maximum absolute atomic E-state index is 13.2. The molecule has 0 fully saturated rings. The van der Waals surface area contributed by atoms with Crippen LogP contribution in [0.4, 0.5) is 15.8 Å². The molecule has 0 aliphatic heterocycles. The summed E-state index contributed by atoms with van der Waals surface area (Å²) in [6.45, 7) is 0.0284. The van der Waals surface area contributed by atoms with Crippen LogP contribution in [-0.4, -0.2) is 17.0 Å². The Labute approximate surface area is 128 Å². The van der Waals surface area contributed by atoms with Gasteiger partial charge in [-0.15, -0.1) is 0 Å². The molecule has 1 heterocycles. The molecule has 0 spiro atoms. The summed E-state index contributed by atoms with van der Waals surface area (Å²) < 4.78 is 18.8. The van der Waals surface area contributed by atoms with Gasteiger partial charge in [0.15, 0.2) is 0 Å². The summed E-state index contributed by atoms with van der Waals surface area (Å²) in [7, 11) is 1.77. The average molecular weight is 356 g/mol. The lowest BCUT2D eigenvalue weighted by atomic mass is 10.3. The van der Waals surface area contributed by atoms with Crippen molar-refractivity contribution in [2.45, 2.75) is 6.61 Å². The molecule has 0 amide bonds. The molecule has 0 radical (unpaired) electrons. The van der Waals surface area contributed by atoms with Gasteiger partial charge in [-0.05, 0) is 34.1 Å². The molecule has 0 atom stereocenters. The largest absolute Gasteiger partial charge is 0.480 e. The van der Waals surface area contributed by atoms with Crippen LogP contribution in [0.5, 0.6) is 5.75 Å². The molecule has 21 heavy (non-hydrogen) atoms. The molecule has 0 saturated carbocycles. The number of aromatic nitrogens is 1. The zero-order valence-electron chi connectivity index (χ0n) is 11.0. The lowest BCUT2D eigenvalue weighted by Gasteiger charge is -2.09. The Balaban J connectivity index is 2.25. The van der Waals surface area contributed by atoms with Crippen LogP contribution >= 0.6 is 15.9 Å². The van der Waals surface area contributed by atoms with Gasteiger partial charge in [-0.1, -0.05) is 0 Å². The number of halogens is 2. The standard InChI is InChI=1S/C13H11BrFN3O3/c1-16-9-2-3-17-10(6-9)7-21-13-11(14)4-8(15)5-12(13)18(19)20/h2-6H,7H2,1H3,(H,16,17). The molecule has 1 aromatic heterocycles. The van der Waals surface area contributed by atoms with Crippen LogP contribution in [0.2, 0.25) is 0 Å². The number of nitro benzene ring substituents is 1. The van der Waals surface area contributed by atoms with E-state index in [4.69, 9.17) is 4.74 Å². The fourth-order valence-corrected chi connectivity index (χ4v) is 2.22. The molecule has 0 aliphatic rings. The molecule has 0 bridgehead atoms. The first-order chi connectivity index (χ1) is 10.0. The third kappa shape index (κ3) is 3.66. The van der Waals surface area contributed by atoms with Gasteiger partial charge in [-0.25, -0.2) is 4.39 Å². The minimum atomic E-state index is -0.712. The zero-order valence-corrected chi connectivity index (χ0v) is 12.6. The highest BCUT2D eigenvalue weighted by Crippen LogP contribution is 2.36. The average Bonchev–Trinajstić information content (AvgIpc) is 2.45. The van der Waals surface area contributed by atoms with E-state index in [-0.39, 0.29) is 16.8 Å². The van der Waals surface area contributed by atoms with Gasteiger partial charge in [0.1, 0.15) is 12.4 Å². The van der Waals surface area contributed by atoms with Crippen LogP contribution < -0.4 is 10.1 Å². The SMILES string of the molecule is CNc1ccnc(COc2c(Br)cc(F)cc2[N+](=O)[O-])c1. The quantitative estimate of drug-likeness (QED) is 0.655. The van der Waals surface area contributed by atoms with Crippen molar-refractivity contribution in [1.29, 1.82) is 0 Å². The predicted molar refractivity (Wildman–Crippen MR) is 78.9 cm³/mol. The van der Waals surface area contributed by atoms with Crippen molar-refractivity contribution < 1.29 is 14.1 Å². The summed E-state index contributed by atoms with van der Waals surface area (Å²) >= 11 is 3.07. The second kappa shape index (κ2) is 6.49. The number of anilines is 1. The maximum atomic E-state index is 13.2. The van der Waals surface area contributed by atoms with Crippen molar-refractivity contribution in [3.63, 3.8) is 0 Å². The van der Waals surface area contributed by atoms with E-state index >= 15 is 0 Å². The summed E-state index contributed by atoms with van der Waals surface area (Å²) in [5, 5.41) is 13.9. The summed E-state index contributed by atoms with van der Waals surface area (Å²) in [6, 6.07) is 5.46. The second-order valence-electron chi connectivity index (χ2n) is 4.07. The number of benzene rings is 1. The fourth-order valence-electron chi connectivity index (χ4n) is 1.68. The normalized spacial score (nSPS) is 10.2. The van der Waals surface area contributed by atoms with E-state index < -0.39 is 16.4 Å². The van der Waals surface area contributed by atoms with Gasteiger partial charge in [-0.3, -0.25) is 15.1 Å². The van der Waals surface area contributed by atoms with Gasteiger partial charge in [0.05, 0.1) is 21.2 Å². The lowest BCUT2D eigenvalue weighted by Crippen LogP contribution is -2.03. The monoisotopic (exact) mass is 355 g/mol. The third-order valence-electron chi connectivity index (χ3n) is 2.66. The topological polar surface area (TPSA) is 77.3 Å². The van der Waals surface area contributed by atoms with Gasteiger partial charge < -0.3 is 10.1 Å². The fraction of sp³-hybridized carbons (Fsp3) is 0.154. The van der Waals surface area contributed by atoms with Crippen molar-refractivity contribution in [3.8, 4) is 5.75 Å². The van der Waals surface area contributed by atoms with Crippen molar-refractivity contribution in [3.05, 3.63) is 56.6 Å². The number of pyridine rings is 1. The smallest absolute Gasteiger partial charge is 0.315 e. The Kier molecular flexibility index (Phi) is 4.69. The van der Waals surface area contributed by atoms with Gasteiger partial charge in [0, 0.05) is 18.9 Å². The number of hydrogen-bond donors (Lipinski definition) is 1. The molecule has 6 nitrogen and oxygen atoms in total. The Morgan fingerprint density at radius 2 is 2.24 bits per heavy atom. The summed E-state index contributed by atoms with van der Waals surface area (Å²) in [6.07, 6.45) is 1.60. The van der Waals surface area contributed by atoms with E-state index in [0.717, 1.165) is 17.8 Å². The first-order valence-corrected chi connectivity index (χ1v) is 6.69. The molecular weight excluding hydrogens is 345 g/mol. The summed E-state index contributed by atoms with van der Waals surface area (Å²) in [5.74, 6) is -0.741. The first-order valence-electron chi connectivity index (χ1n) is 5.90. The van der Waals surface area contributed by atoms with E-state index in [9.17, 15) is 14.5 Å². The summed E-state index contributed by atoms with van der Waals surface area (Å²) in [5.41, 5.74) is 0.996. The van der Waals surface area contributed by atoms with Crippen LogP contribution in [-0.2, 0) is 6.61 Å². The number of hydrogen-bond acceptors (Lipinski definition) is 5. The first kappa shape index (κ1) is 15.2. The predicted octanol–water partition coefficient (Wildman–Crippen LogP) is 3.51. The van der Waals surface area contributed by atoms with Crippen molar-refractivity contribution in [2.24, 2.45) is 0 Å². The Bertz CT molecular complexity index is 682. The molecule has 0 unspecified atom stereocenters. The van der Waals surface area contributed by atoms with E-state index in [1.54, 1.807) is 25.4 Å². The number of nitro groups is 1. The van der Waals surface area contributed by atoms with E-state index in [1.165, 1.54) is 0 Å². The van der Waals surface area contributed by atoms with Gasteiger partial charge in [0.2, 0.25) is 5.75 Å². The summed E-state index contributed by atoms with van der Waals surface area (Å²) in [4.78, 5) is 14.4. The van der Waals surface area contributed by atoms with Crippen LogP contribution in [0.15, 0.2) is 34.9 Å².